The molecule has 0 unspecified atom stereocenters. The van der Waals surface area contributed by atoms with Crippen LogP contribution in [0, 0.1) is 0 Å². The Balaban J connectivity index is 1.53. The summed E-state index contributed by atoms with van der Waals surface area (Å²) < 4.78 is 1.74. The van der Waals surface area contributed by atoms with E-state index in [1.165, 1.54) is 0 Å². The van der Waals surface area contributed by atoms with Gasteiger partial charge in [0.1, 0.15) is 5.82 Å². The zero-order valence-corrected chi connectivity index (χ0v) is 21.9. The van der Waals surface area contributed by atoms with E-state index >= 15 is 0 Å². The summed E-state index contributed by atoms with van der Waals surface area (Å²) in [6.45, 7) is 2.34. The first-order valence-corrected chi connectivity index (χ1v) is 13.1. The standard InChI is InChI=1S/C32H28ClN3O2/c1-2-6-31(37)34-27-17-18-29-28(20-27)32(38)36(30(35-29)19-22-7-4-3-5-8-22)21-23-9-11-24(12-10-23)25-13-15-26(33)16-14-25/h3-5,7-18,20H,2,6,19,21H2,1H3,(H,34,37). The van der Waals surface area contributed by atoms with Crippen molar-refractivity contribution >= 4 is 34.1 Å². The molecule has 5 aromatic rings. The van der Waals surface area contributed by atoms with Crippen molar-refractivity contribution in [1.29, 1.82) is 0 Å². The highest BCUT2D eigenvalue weighted by atomic mass is 35.5. The van der Waals surface area contributed by atoms with Gasteiger partial charge in [-0.1, -0.05) is 85.3 Å². The van der Waals surface area contributed by atoms with Crippen molar-refractivity contribution in [2.45, 2.75) is 32.7 Å². The van der Waals surface area contributed by atoms with Crippen LogP contribution in [0.15, 0.2) is 102 Å². The fourth-order valence-electron chi connectivity index (χ4n) is 4.50. The van der Waals surface area contributed by atoms with Crippen LogP contribution >= 0.6 is 11.6 Å². The molecule has 0 aliphatic rings. The lowest BCUT2D eigenvalue weighted by Gasteiger charge is -2.15. The number of aromatic nitrogens is 2. The normalized spacial score (nSPS) is 11.0. The zero-order chi connectivity index (χ0) is 26.5. The summed E-state index contributed by atoms with van der Waals surface area (Å²) >= 11 is 6.03. The van der Waals surface area contributed by atoms with Crippen LogP contribution in [0.3, 0.4) is 0 Å². The summed E-state index contributed by atoms with van der Waals surface area (Å²) in [5.74, 6) is 0.625. The average Bonchev–Trinajstić information content (AvgIpc) is 2.93. The molecule has 1 N–H and O–H groups in total. The van der Waals surface area contributed by atoms with E-state index in [0.717, 1.165) is 28.7 Å². The molecule has 5 nitrogen and oxygen atoms in total. The molecule has 1 amide bonds. The quantitative estimate of drug-likeness (QED) is 0.237. The van der Waals surface area contributed by atoms with Gasteiger partial charge in [-0.3, -0.25) is 14.2 Å². The number of hydrogen-bond donors (Lipinski definition) is 1. The van der Waals surface area contributed by atoms with Gasteiger partial charge < -0.3 is 5.32 Å². The molecule has 6 heteroatoms. The van der Waals surface area contributed by atoms with E-state index in [-0.39, 0.29) is 11.5 Å². The van der Waals surface area contributed by atoms with E-state index in [4.69, 9.17) is 16.6 Å². The van der Waals surface area contributed by atoms with Crippen LogP contribution in [0.5, 0.6) is 0 Å². The first kappa shape index (κ1) is 25.4. The van der Waals surface area contributed by atoms with Crippen molar-refractivity contribution in [3.63, 3.8) is 0 Å². The Bertz CT molecular complexity index is 1630. The molecular weight excluding hydrogens is 494 g/mol. The van der Waals surface area contributed by atoms with Crippen LogP contribution < -0.4 is 10.9 Å². The highest BCUT2D eigenvalue weighted by Crippen LogP contribution is 2.23. The molecule has 190 valence electrons. The van der Waals surface area contributed by atoms with Gasteiger partial charge in [-0.05, 0) is 59.0 Å². The number of rotatable bonds is 8. The van der Waals surface area contributed by atoms with Gasteiger partial charge in [0.15, 0.2) is 0 Å². The van der Waals surface area contributed by atoms with Gasteiger partial charge in [-0.25, -0.2) is 4.98 Å². The third-order valence-electron chi connectivity index (χ3n) is 6.47. The zero-order valence-electron chi connectivity index (χ0n) is 21.2. The van der Waals surface area contributed by atoms with E-state index in [2.05, 4.69) is 17.4 Å². The number of nitrogens with one attached hydrogen (secondary N) is 1. The first-order chi connectivity index (χ1) is 18.5. The van der Waals surface area contributed by atoms with Crippen molar-refractivity contribution in [3.05, 3.63) is 129 Å². The maximum absolute atomic E-state index is 13.8. The molecule has 0 fully saturated rings. The molecule has 0 saturated carbocycles. The van der Waals surface area contributed by atoms with Gasteiger partial charge in [-0.15, -0.1) is 0 Å². The minimum atomic E-state index is -0.130. The molecule has 0 atom stereocenters. The summed E-state index contributed by atoms with van der Waals surface area (Å²) in [6, 6.07) is 31.3. The van der Waals surface area contributed by atoms with E-state index in [0.29, 0.717) is 46.8 Å². The lowest BCUT2D eigenvalue weighted by molar-refractivity contribution is -0.116. The monoisotopic (exact) mass is 521 g/mol. The number of hydrogen-bond acceptors (Lipinski definition) is 3. The molecule has 0 radical (unpaired) electrons. The summed E-state index contributed by atoms with van der Waals surface area (Å²) in [4.78, 5) is 30.8. The maximum atomic E-state index is 13.8. The Morgan fingerprint density at radius 3 is 2.24 bits per heavy atom. The third kappa shape index (κ3) is 5.84. The summed E-state index contributed by atoms with van der Waals surface area (Å²) in [7, 11) is 0. The van der Waals surface area contributed by atoms with E-state index in [1.807, 2.05) is 73.7 Å². The molecule has 5 rings (SSSR count). The van der Waals surface area contributed by atoms with Crippen molar-refractivity contribution in [2.24, 2.45) is 0 Å². The van der Waals surface area contributed by atoms with Crippen molar-refractivity contribution in [3.8, 4) is 11.1 Å². The van der Waals surface area contributed by atoms with Crippen molar-refractivity contribution < 1.29 is 4.79 Å². The van der Waals surface area contributed by atoms with Crippen LogP contribution in [-0.2, 0) is 17.8 Å². The Morgan fingerprint density at radius 2 is 1.55 bits per heavy atom. The fourth-order valence-corrected chi connectivity index (χ4v) is 4.63. The number of halogens is 1. The predicted octanol–water partition coefficient (Wildman–Crippen LogP) is 7.09. The summed E-state index contributed by atoms with van der Waals surface area (Å²) in [5.41, 5.74) is 5.31. The van der Waals surface area contributed by atoms with Crippen LogP contribution in [0.1, 0.15) is 36.7 Å². The molecule has 0 aliphatic heterocycles. The van der Waals surface area contributed by atoms with Gasteiger partial charge in [0.2, 0.25) is 5.91 Å². The second kappa shape index (κ2) is 11.4. The van der Waals surface area contributed by atoms with Gasteiger partial charge in [0.25, 0.3) is 5.56 Å². The molecular formula is C32H28ClN3O2. The molecule has 1 heterocycles. The van der Waals surface area contributed by atoms with Gasteiger partial charge in [0, 0.05) is 23.6 Å². The number of fused-ring (bicyclic) bond motifs is 1. The SMILES string of the molecule is CCCC(=O)Nc1ccc2nc(Cc3ccccc3)n(Cc3ccc(-c4ccc(Cl)cc4)cc3)c(=O)c2c1. The van der Waals surface area contributed by atoms with Crippen LogP contribution in [0.25, 0.3) is 22.0 Å². The average molecular weight is 522 g/mol. The highest BCUT2D eigenvalue weighted by molar-refractivity contribution is 6.30. The first-order valence-electron chi connectivity index (χ1n) is 12.7. The predicted molar refractivity (Wildman–Crippen MR) is 155 cm³/mol. The molecule has 0 saturated heterocycles. The second-order valence-corrected chi connectivity index (χ2v) is 9.75. The second-order valence-electron chi connectivity index (χ2n) is 9.32. The Labute approximate surface area is 226 Å². The molecule has 4 aromatic carbocycles. The van der Waals surface area contributed by atoms with Gasteiger partial charge >= 0.3 is 0 Å². The van der Waals surface area contributed by atoms with E-state index in [1.54, 1.807) is 22.8 Å². The number of nitrogens with zero attached hydrogens (tertiary/aromatic N) is 2. The summed E-state index contributed by atoms with van der Waals surface area (Å²) in [5, 5.41) is 4.07. The van der Waals surface area contributed by atoms with Crippen LogP contribution in [-0.4, -0.2) is 15.5 Å². The lowest BCUT2D eigenvalue weighted by Crippen LogP contribution is -2.26. The Hall–Kier alpha value is -4.22. The number of carbonyl (C=O) groups excluding carboxylic acids is 1. The van der Waals surface area contributed by atoms with Gasteiger partial charge in [-0.2, -0.15) is 0 Å². The lowest BCUT2D eigenvalue weighted by atomic mass is 10.0. The number of amides is 1. The molecule has 0 bridgehead atoms. The fraction of sp³-hybridized carbons (Fsp3) is 0.156. The molecule has 0 spiro atoms. The van der Waals surface area contributed by atoms with E-state index < -0.39 is 0 Å². The van der Waals surface area contributed by atoms with Crippen molar-refractivity contribution in [2.75, 3.05) is 5.32 Å². The van der Waals surface area contributed by atoms with Crippen LogP contribution in [0.2, 0.25) is 5.02 Å². The smallest absolute Gasteiger partial charge is 0.261 e. The summed E-state index contributed by atoms with van der Waals surface area (Å²) in [6.07, 6.45) is 1.72. The Morgan fingerprint density at radius 1 is 0.868 bits per heavy atom. The molecule has 1 aromatic heterocycles. The van der Waals surface area contributed by atoms with Crippen molar-refractivity contribution in [1.82, 2.24) is 9.55 Å². The Kier molecular flexibility index (Phi) is 7.66. The van der Waals surface area contributed by atoms with Crippen LogP contribution in [0.4, 0.5) is 5.69 Å². The molecule has 38 heavy (non-hydrogen) atoms. The van der Waals surface area contributed by atoms with Gasteiger partial charge in [0.05, 0.1) is 17.4 Å². The topological polar surface area (TPSA) is 64.0 Å². The number of carbonyl (C=O) groups is 1. The number of anilines is 1. The molecule has 0 aliphatic carbocycles. The highest BCUT2D eigenvalue weighted by Gasteiger charge is 2.14. The number of benzene rings is 4. The minimum absolute atomic E-state index is 0.0680. The third-order valence-corrected chi connectivity index (χ3v) is 6.72. The maximum Gasteiger partial charge on any atom is 0.261 e. The van der Waals surface area contributed by atoms with E-state index in [9.17, 15) is 9.59 Å². The largest absolute Gasteiger partial charge is 0.326 e. The minimum Gasteiger partial charge on any atom is -0.326 e.